The Bertz CT molecular complexity index is 789. The Morgan fingerprint density at radius 2 is 1.43 bits per heavy atom. The first-order valence-electron chi connectivity index (χ1n) is 9.69. The molecular weight excluding hydrogens is 400 g/mol. The Morgan fingerprint density at radius 1 is 0.900 bits per heavy atom. The van der Waals surface area contributed by atoms with Crippen molar-refractivity contribution in [3.8, 4) is 0 Å². The van der Waals surface area contributed by atoms with Gasteiger partial charge in [0.15, 0.2) is 0 Å². The SMILES string of the molecule is C[C@@]1(C(=O)ON2C(=O)CCC2=O)CCC=C[C@H](OC(=O)ON2C(=O)CCC2=O)CC1. The summed E-state index contributed by atoms with van der Waals surface area (Å²) in [5, 5.41) is 0.901. The van der Waals surface area contributed by atoms with Crippen LogP contribution in [0.15, 0.2) is 12.2 Å². The van der Waals surface area contributed by atoms with Crippen molar-refractivity contribution in [3.63, 3.8) is 0 Å². The van der Waals surface area contributed by atoms with Crippen molar-refractivity contribution in [2.75, 3.05) is 0 Å². The summed E-state index contributed by atoms with van der Waals surface area (Å²) in [4.78, 5) is 80.8. The lowest BCUT2D eigenvalue weighted by atomic mass is 9.79. The fourth-order valence-electron chi connectivity index (χ4n) is 3.36. The van der Waals surface area contributed by atoms with Crippen molar-refractivity contribution in [1.82, 2.24) is 10.1 Å². The molecule has 0 N–H and O–H groups in total. The van der Waals surface area contributed by atoms with Crippen molar-refractivity contribution in [1.29, 1.82) is 0 Å². The van der Waals surface area contributed by atoms with E-state index in [9.17, 15) is 28.8 Å². The first-order chi connectivity index (χ1) is 14.2. The molecule has 0 radical (unpaired) electrons. The van der Waals surface area contributed by atoms with E-state index in [-0.39, 0.29) is 38.5 Å². The molecule has 2 aliphatic heterocycles. The zero-order valence-electron chi connectivity index (χ0n) is 16.5. The van der Waals surface area contributed by atoms with Crippen LogP contribution in [0, 0.1) is 5.41 Å². The number of hydroxylamine groups is 4. The first kappa shape index (κ1) is 21.5. The molecule has 2 atom stereocenters. The Morgan fingerprint density at radius 3 is 2.00 bits per heavy atom. The van der Waals surface area contributed by atoms with E-state index in [2.05, 4.69) is 4.84 Å². The maximum Gasteiger partial charge on any atom is 0.534 e. The Hall–Kier alpha value is -3.24. The van der Waals surface area contributed by atoms with Crippen molar-refractivity contribution in [2.45, 2.75) is 64.4 Å². The molecule has 0 bridgehead atoms. The van der Waals surface area contributed by atoms with Crippen LogP contribution in [0.2, 0.25) is 0 Å². The zero-order chi connectivity index (χ0) is 21.9. The van der Waals surface area contributed by atoms with Crippen molar-refractivity contribution in [3.05, 3.63) is 12.2 Å². The third-order valence-electron chi connectivity index (χ3n) is 5.29. The number of nitrogens with zero attached hydrogens (tertiary/aromatic N) is 2. The number of hydrogen-bond donors (Lipinski definition) is 0. The second kappa shape index (κ2) is 8.64. The molecule has 162 valence electrons. The average Bonchev–Trinajstić information content (AvgIpc) is 3.17. The number of imide groups is 2. The quantitative estimate of drug-likeness (QED) is 0.373. The minimum atomic E-state index is -1.20. The van der Waals surface area contributed by atoms with Gasteiger partial charge in [-0.05, 0) is 38.7 Å². The lowest BCUT2D eigenvalue weighted by Crippen LogP contribution is -2.40. The highest BCUT2D eigenvalue weighted by molar-refractivity contribution is 6.02. The van der Waals surface area contributed by atoms with Crippen LogP contribution in [-0.2, 0) is 38.4 Å². The van der Waals surface area contributed by atoms with E-state index in [1.165, 1.54) is 0 Å². The number of ether oxygens (including phenoxy) is 1. The van der Waals surface area contributed by atoms with E-state index in [1.54, 1.807) is 19.1 Å². The van der Waals surface area contributed by atoms with Crippen LogP contribution in [0.3, 0.4) is 0 Å². The summed E-state index contributed by atoms with van der Waals surface area (Å²) in [6, 6.07) is 0. The van der Waals surface area contributed by atoms with Gasteiger partial charge in [0.2, 0.25) is 0 Å². The number of hydrogen-bond acceptors (Lipinski definition) is 9. The highest BCUT2D eigenvalue weighted by Crippen LogP contribution is 2.35. The van der Waals surface area contributed by atoms with Crippen molar-refractivity contribution < 1.29 is 43.2 Å². The fourth-order valence-corrected chi connectivity index (χ4v) is 3.36. The average molecular weight is 422 g/mol. The van der Waals surface area contributed by atoms with E-state index in [1.807, 2.05) is 0 Å². The number of carbonyl (C=O) groups is 6. The molecule has 3 rings (SSSR count). The molecule has 2 saturated heterocycles. The van der Waals surface area contributed by atoms with Gasteiger partial charge in [-0.1, -0.05) is 11.1 Å². The minimum Gasteiger partial charge on any atom is -0.425 e. The molecule has 11 nitrogen and oxygen atoms in total. The normalized spacial score (nSPS) is 27.2. The van der Waals surface area contributed by atoms with E-state index in [0.29, 0.717) is 23.0 Å². The van der Waals surface area contributed by atoms with Gasteiger partial charge < -0.3 is 9.57 Å². The lowest BCUT2D eigenvalue weighted by Gasteiger charge is -2.30. The lowest BCUT2D eigenvalue weighted by molar-refractivity contribution is -0.205. The van der Waals surface area contributed by atoms with Gasteiger partial charge in [0.05, 0.1) is 5.41 Å². The van der Waals surface area contributed by atoms with E-state index in [0.717, 1.165) is 0 Å². The summed E-state index contributed by atoms with van der Waals surface area (Å²) < 4.78 is 5.16. The monoisotopic (exact) mass is 422 g/mol. The molecule has 2 heterocycles. The van der Waals surface area contributed by atoms with Gasteiger partial charge in [0, 0.05) is 25.7 Å². The molecule has 0 aromatic heterocycles. The predicted molar refractivity (Wildman–Crippen MR) is 95.3 cm³/mol. The van der Waals surface area contributed by atoms with Crippen LogP contribution >= 0.6 is 0 Å². The van der Waals surface area contributed by atoms with Crippen LogP contribution in [0.4, 0.5) is 4.79 Å². The van der Waals surface area contributed by atoms with E-state index in [4.69, 9.17) is 9.57 Å². The maximum absolute atomic E-state index is 12.7. The molecule has 11 heteroatoms. The molecule has 0 aromatic carbocycles. The molecule has 4 amide bonds. The summed E-state index contributed by atoms with van der Waals surface area (Å²) in [6.45, 7) is 1.65. The molecule has 30 heavy (non-hydrogen) atoms. The summed E-state index contributed by atoms with van der Waals surface area (Å²) in [5.41, 5.74) is -1.01. The van der Waals surface area contributed by atoms with Gasteiger partial charge >= 0.3 is 12.1 Å². The molecule has 3 aliphatic rings. The Kier molecular flexibility index (Phi) is 6.18. The highest BCUT2D eigenvalue weighted by Gasteiger charge is 2.41. The largest absolute Gasteiger partial charge is 0.534 e. The van der Waals surface area contributed by atoms with E-state index >= 15 is 0 Å². The summed E-state index contributed by atoms with van der Waals surface area (Å²) in [6.07, 6.45) is 2.69. The van der Waals surface area contributed by atoms with E-state index < -0.39 is 47.3 Å². The van der Waals surface area contributed by atoms with Gasteiger partial charge in [0.1, 0.15) is 6.10 Å². The van der Waals surface area contributed by atoms with Gasteiger partial charge in [-0.25, -0.2) is 9.59 Å². The molecule has 2 fully saturated rings. The third kappa shape index (κ3) is 4.66. The van der Waals surface area contributed by atoms with Crippen LogP contribution in [-0.4, -0.2) is 52.0 Å². The molecule has 0 unspecified atom stereocenters. The third-order valence-corrected chi connectivity index (χ3v) is 5.29. The summed E-state index contributed by atoms with van der Waals surface area (Å²) in [5.74, 6) is -3.07. The second-order valence-corrected chi connectivity index (χ2v) is 7.61. The predicted octanol–water partition coefficient (Wildman–Crippen LogP) is 1.32. The Balaban J connectivity index is 1.57. The van der Waals surface area contributed by atoms with Gasteiger partial charge in [-0.2, -0.15) is 0 Å². The smallest absolute Gasteiger partial charge is 0.425 e. The summed E-state index contributed by atoms with van der Waals surface area (Å²) in [7, 11) is 0. The number of rotatable bonds is 4. The van der Waals surface area contributed by atoms with Gasteiger partial charge in [0.25, 0.3) is 23.6 Å². The number of amides is 4. The molecule has 0 spiro atoms. The van der Waals surface area contributed by atoms with Crippen LogP contribution in [0.5, 0.6) is 0 Å². The fraction of sp³-hybridized carbons (Fsp3) is 0.579. The maximum atomic E-state index is 12.7. The molecule has 0 aromatic rings. The summed E-state index contributed by atoms with van der Waals surface area (Å²) >= 11 is 0. The number of allylic oxidation sites excluding steroid dienone is 1. The highest BCUT2D eigenvalue weighted by atomic mass is 16.8. The van der Waals surface area contributed by atoms with Crippen LogP contribution in [0.1, 0.15) is 58.3 Å². The second-order valence-electron chi connectivity index (χ2n) is 7.61. The van der Waals surface area contributed by atoms with Gasteiger partial charge in [-0.3, -0.25) is 24.0 Å². The molecule has 0 saturated carbocycles. The van der Waals surface area contributed by atoms with Crippen LogP contribution in [0.25, 0.3) is 0 Å². The van der Waals surface area contributed by atoms with Gasteiger partial charge in [-0.15, -0.1) is 5.06 Å². The topological polar surface area (TPSA) is 137 Å². The Labute approximate surface area is 171 Å². The van der Waals surface area contributed by atoms with Crippen molar-refractivity contribution >= 4 is 35.8 Å². The van der Waals surface area contributed by atoms with Crippen LogP contribution < -0.4 is 0 Å². The number of carbonyl (C=O) groups excluding carboxylic acids is 6. The molecular formula is C19H22N2O9. The zero-order valence-corrected chi connectivity index (χ0v) is 16.5. The van der Waals surface area contributed by atoms with Crippen molar-refractivity contribution in [2.24, 2.45) is 5.41 Å². The molecule has 1 aliphatic carbocycles. The minimum absolute atomic E-state index is 0.00557. The standard InChI is InChI=1S/C19H22N2O9/c1-19(17(26)29-20-13(22)5-6-14(20)23)10-3-2-4-12(9-11-19)28-18(27)30-21-15(24)7-8-16(21)25/h2,4,12H,3,5-11H2,1H3/t12-,19+/m0/s1. The first-order valence-corrected chi connectivity index (χ1v) is 9.69.